The molecule has 0 bridgehead atoms. The van der Waals surface area contributed by atoms with Crippen LogP contribution in [0.15, 0.2) is 36.4 Å². The van der Waals surface area contributed by atoms with Crippen LogP contribution in [0.1, 0.15) is 44.1 Å². The Hall–Kier alpha value is -3.65. The number of ether oxygens (including phenoxy) is 3. The maximum Gasteiger partial charge on any atom is 0.490 e. The fraction of sp³-hybridized carbons (Fsp3) is 0.533. The number of amides is 2. The van der Waals surface area contributed by atoms with E-state index in [2.05, 4.69) is 27.7 Å². The Morgan fingerprint density at radius 1 is 0.977 bits per heavy atom. The summed E-state index contributed by atoms with van der Waals surface area (Å²) in [6.45, 7) is 2.54. The molecule has 3 atom stereocenters. The van der Waals surface area contributed by atoms with E-state index in [9.17, 15) is 26.7 Å². The van der Waals surface area contributed by atoms with E-state index >= 15 is 0 Å². The molecule has 0 unspecified atom stereocenters. The first-order chi connectivity index (χ1) is 20.9. The van der Waals surface area contributed by atoms with Crippen molar-refractivity contribution in [3.05, 3.63) is 53.6 Å². The average Bonchev–Trinajstić information content (AvgIpc) is 3.39. The van der Waals surface area contributed by atoms with Crippen LogP contribution in [0.3, 0.4) is 0 Å². The number of fused-ring (bicyclic) bond motifs is 1. The lowest BCUT2D eigenvalue weighted by atomic mass is 9.65. The second-order valence-corrected chi connectivity index (χ2v) is 11.1. The van der Waals surface area contributed by atoms with E-state index in [-0.39, 0.29) is 23.2 Å². The second kappa shape index (κ2) is 14.0. The molecule has 2 amide bonds. The molecule has 3 N–H and O–H groups in total. The lowest BCUT2D eigenvalue weighted by Gasteiger charge is -2.47. The molecule has 5 rings (SSSR count). The first-order valence-electron chi connectivity index (χ1n) is 14.3. The average molecular weight is 630 g/mol. The van der Waals surface area contributed by atoms with Crippen LogP contribution in [0.4, 0.5) is 32.4 Å². The van der Waals surface area contributed by atoms with Crippen molar-refractivity contribution >= 4 is 17.7 Å². The van der Waals surface area contributed by atoms with E-state index in [0.717, 1.165) is 76.2 Å². The van der Waals surface area contributed by atoms with Gasteiger partial charge in [-0.3, -0.25) is 4.90 Å². The molecule has 2 aliphatic heterocycles. The zero-order chi connectivity index (χ0) is 32.1. The molecule has 2 aromatic carbocycles. The summed E-state index contributed by atoms with van der Waals surface area (Å²) in [4.78, 5) is 24.3. The van der Waals surface area contributed by atoms with E-state index < -0.39 is 29.8 Å². The van der Waals surface area contributed by atoms with Crippen LogP contribution in [0, 0.1) is 11.6 Å². The van der Waals surface area contributed by atoms with E-state index in [4.69, 9.17) is 24.1 Å². The number of carbonyl (C=O) groups is 2. The summed E-state index contributed by atoms with van der Waals surface area (Å²) < 4.78 is 75.3. The Kier molecular flexibility index (Phi) is 10.6. The van der Waals surface area contributed by atoms with Crippen molar-refractivity contribution in [2.45, 2.75) is 68.2 Å². The number of likely N-dealkylation sites (tertiary alicyclic amines) is 1. The van der Waals surface area contributed by atoms with Gasteiger partial charge in [-0.15, -0.1) is 0 Å². The second-order valence-electron chi connectivity index (χ2n) is 11.1. The number of carbonyl (C=O) groups excluding carboxylic acids is 1. The SMILES string of the molecule is COc1ccc([C@@]23CC[C@@H](NC(=O)Nc4ccc(F)c(F)c4)C[C@@H]2N(C2CCOCC2)CC3)cc1OC.O=C(O)C(F)(F)F. The molecule has 9 nitrogen and oxygen atoms in total. The van der Waals surface area contributed by atoms with Crippen molar-refractivity contribution in [1.82, 2.24) is 10.2 Å². The molecule has 14 heteroatoms. The molecular formula is C30H36F5N3O6. The predicted molar refractivity (Wildman–Crippen MR) is 150 cm³/mol. The lowest BCUT2D eigenvalue weighted by molar-refractivity contribution is -0.192. The topological polar surface area (TPSA) is 109 Å². The molecule has 1 saturated carbocycles. The van der Waals surface area contributed by atoms with Crippen molar-refractivity contribution < 1.29 is 50.9 Å². The largest absolute Gasteiger partial charge is 0.493 e. The molecule has 0 spiro atoms. The van der Waals surface area contributed by atoms with Gasteiger partial charge in [0.15, 0.2) is 23.1 Å². The first-order valence-corrected chi connectivity index (χ1v) is 14.3. The summed E-state index contributed by atoms with van der Waals surface area (Å²) in [5.41, 5.74) is 1.41. The summed E-state index contributed by atoms with van der Waals surface area (Å²) in [7, 11) is 3.30. The molecule has 3 fully saturated rings. The van der Waals surface area contributed by atoms with Gasteiger partial charge in [0.1, 0.15) is 0 Å². The lowest BCUT2D eigenvalue weighted by Crippen LogP contribution is -2.55. The van der Waals surface area contributed by atoms with Gasteiger partial charge in [-0.25, -0.2) is 18.4 Å². The van der Waals surface area contributed by atoms with Crippen LogP contribution in [-0.4, -0.2) is 80.3 Å². The number of benzene rings is 2. The molecule has 44 heavy (non-hydrogen) atoms. The highest BCUT2D eigenvalue weighted by molar-refractivity contribution is 5.89. The molecule has 3 aliphatic rings. The Labute approximate surface area is 251 Å². The van der Waals surface area contributed by atoms with E-state index in [1.54, 1.807) is 14.2 Å². The maximum atomic E-state index is 13.6. The van der Waals surface area contributed by atoms with E-state index in [1.165, 1.54) is 11.6 Å². The quantitative estimate of drug-likeness (QED) is 0.363. The van der Waals surface area contributed by atoms with Crippen LogP contribution in [0.5, 0.6) is 11.5 Å². The van der Waals surface area contributed by atoms with Gasteiger partial charge >= 0.3 is 18.2 Å². The van der Waals surface area contributed by atoms with Gasteiger partial charge in [0.25, 0.3) is 0 Å². The third kappa shape index (κ3) is 7.52. The number of urea groups is 1. The number of carboxylic acid groups (broad SMARTS) is 1. The van der Waals surface area contributed by atoms with Crippen LogP contribution in [0.25, 0.3) is 0 Å². The number of rotatable bonds is 6. The van der Waals surface area contributed by atoms with Crippen LogP contribution < -0.4 is 20.1 Å². The molecule has 242 valence electrons. The fourth-order valence-corrected chi connectivity index (χ4v) is 6.58. The Morgan fingerprint density at radius 2 is 1.66 bits per heavy atom. The number of nitrogens with one attached hydrogen (secondary N) is 2. The standard InChI is InChI=1S/C28H35F2N3O4.C2HF3O2/c1-35-24-6-3-18(15-25(24)36-2)28-10-7-20(32-27(34)31-19-4-5-22(29)23(30)16-19)17-26(28)33(12-11-28)21-8-13-37-14-9-21;3-2(4,5)1(6)7/h3-6,15-16,20-21,26H,7-14,17H2,1-2H3,(H2,31,32,34);(H,6,7)/t20-,26+,28+;/m1./s1. The molecular weight excluding hydrogens is 593 g/mol. The molecule has 0 aromatic heterocycles. The normalized spacial score (nSPS) is 24.0. The minimum atomic E-state index is -5.08. The summed E-state index contributed by atoms with van der Waals surface area (Å²) in [5, 5.41) is 12.9. The highest BCUT2D eigenvalue weighted by atomic mass is 19.4. The van der Waals surface area contributed by atoms with Crippen LogP contribution in [0.2, 0.25) is 0 Å². The summed E-state index contributed by atoms with van der Waals surface area (Å²) in [5.74, 6) is -3.26. The van der Waals surface area contributed by atoms with Crippen LogP contribution >= 0.6 is 0 Å². The van der Waals surface area contributed by atoms with Gasteiger partial charge in [0.05, 0.1) is 14.2 Å². The van der Waals surface area contributed by atoms with Crippen molar-refractivity contribution in [3.8, 4) is 11.5 Å². The molecule has 0 radical (unpaired) electrons. The smallest absolute Gasteiger partial charge is 0.490 e. The number of aliphatic carboxylic acids is 1. The van der Waals surface area contributed by atoms with Gasteiger partial charge in [-0.2, -0.15) is 13.2 Å². The fourth-order valence-electron chi connectivity index (χ4n) is 6.58. The number of anilines is 1. The highest BCUT2D eigenvalue weighted by Crippen LogP contribution is 2.51. The molecule has 1 aliphatic carbocycles. The van der Waals surface area contributed by atoms with Gasteiger partial charge < -0.3 is 30.0 Å². The molecule has 2 heterocycles. The Morgan fingerprint density at radius 3 is 2.27 bits per heavy atom. The van der Waals surface area contributed by atoms with Crippen molar-refractivity contribution in [2.24, 2.45) is 0 Å². The third-order valence-electron chi connectivity index (χ3n) is 8.67. The van der Waals surface area contributed by atoms with E-state index in [1.807, 2.05) is 6.07 Å². The molecule has 2 saturated heterocycles. The Balaban J connectivity index is 0.000000566. The number of carboxylic acids is 1. The zero-order valence-electron chi connectivity index (χ0n) is 24.4. The Bertz CT molecular complexity index is 1320. The number of methoxy groups -OCH3 is 2. The van der Waals surface area contributed by atoms with Gasteiger partial charge in [-0.1, -0.05) is 6.07 Å². The van der Waals surface area contributed by atoms with Crippen LogP contribution in [-0.2, 0) is 14.9 Å². The van der Waals surface area contributed by atoms with E-state index in [0.29, 0.717) is 11.8 Å². The molecule has 2 aromatic rings. The predicted octanol–water partition coefficient (Wildman–Crippen LogP) is 5.48. The summed E-state index contributed by atoms with van der Waals surface area (Å²) in [6, 6.07) is 9.85. The monoisotopic (exact) mass is 629 g/mol. The number of alkyl halides is 3. The number of nitrogens with zero attached hydrogens (tertiary/aromatic N) is 1. The third-order valence-corrected chi connectivity index (χ3v) is 8.67. The maximum absolute atomic E-state index is 13.6. The summed E-state index contributed by atoms with van der Waals surface area (Å²) >= 11 is 0. The number of hydrogen-bond donors (Lipinski definition) is 3. The number of halogens is 5. The van der Waals surface area contributed by atoms with Gasteiger partial charge in [0.2, 0.25) is 0 Å². The highest BCUT2D eigenvalue weighted by Gasteiger charge is 2.53. The minimum Gasteiger partial charge on any atom is -0.493 e. The van der Waals surface area contributed by atoms with Gasteiger partial charge in [0, 0.05) is 48.5 Å². The number of hydrogen-bond acceptors (Lipinski definition) is 6. The zero-order valence-corrected chi connectivity index (χ0v) is 24.4. The minimum absolute atomic E-state index is 0.0380. The summed E-state index contributed by atoms with van der Waals surface area (Å²) in [6.07, 6.45) is 0.510. The van der Waals surface area contributed by atoms with Gasteiger partial charge in [-0.05, 0) is 74.9 Å². The van der Waals surface area contributed by atoms with Crippen molar-refractivity contribution in [1.29, 1.82) is 0 Å². The van der Waals surface area contributed by atoms with Crippen molar-refractivity contribution in [2.75, 3.05) is 39.3 Å². The first kappa shape index (κ1) is 33.2. The van der Waals surface area contributed by atoms with Crippen molar-refractivity contribution in [3.63, 3.8) is 0 Å².